The number of hydrogen-bond donors (Lipinski definition) is 3. The second-order valence-corrected chi connectivity index (χ2v) is 4.26. The van der Waals surface area contributed by atoms with Gasteiger partial charge in [0.25, 0.3) is 0 Å². The smallest absolute Gasteiger partial charge is 0.145 e. The molecule has 94 valence electrons. The summed E-state index contributed by atoms with van der Waals surface area (Å²) in [6.45, 7) is 1.19. The predicted molar refractivity (Wildman–Crippen MR) is 66.5 cm³/mol. The van der Waals surface area contributed by atoms with E-state index in [9.17, 15) is 0 Å². The molecule has 0 spiro atoms. The normalized spacial score (nSPS) is 20.4. The number of nitrogens with two attached hydrogens (primary N) is 1. The van der Waals surface area contributed by atoms with E-state index in [1.54, 1.807) is 0 Å². The van der Waals surface area contributed by atoms with Crippen molar-refractivity contribution in [2.45, 2.75) is 31.7 Å². The summed E-state index contributed by atoms with van der Waals surface area (Å²) in [5.74, 6) is 6.84. The van der Waals surface area contributed by atoms with Crippen LogP contribution in [0.1, 0.15) is 25.7 Å². The molecule has 0 amide bonds. The van der Waals surface area contributed by atoms with E-state index >= 15 is 0 Å². The van der Waals surface area contributed by atoms with E-state index in [0.717, 1.165) is 31.6 Å². The topological polar surface area (TPSA) is 87.3 Å². The van der Waals surface area contributed by atoms with Crippen molar-refractivity contribution in [3.63, 3.8) is 0 Å². The maximum Gasteiger partial charge on any atom is 0.145 e. The van der Waals surface area contributed by atoms with Gasteiger partial charge in [-0.05, 0) is 25.7 Å². The Morgan fingerprint density at radius 1 is 1.47 bits per heavy atom. The van der Waals surface area contributed by atoms with Crippen molar-refractivity contribution in [1.29, 1.82) is 0 Å². The van der Waals surface area contributed by atoms with Gasteiger partial charge >= 0.3 is 0 Å². The lowest BCUT2D eigenvalue weighted by molar-refractivity contribution is 0.262. The quantitative estimate of drug-likeness (QED) is 0.522. The van der Waals surface area contributed by atoms with Crippen LogP contribution in [0, 0.1) is 0 Å². The van der Waals surface area contributed by atoms with Gasteiger partial charge in [0, 0.05) is 25.3 Å². The Kier molecular flexibility index (Phi) is 4.11. The Balaban J connectivity index is 2.16. The molecule has 1 fully saturated rings. The fraction of sp³-hybridized carbons (Fsp3) is 0.636. The molecule has 1 aromatic heterocycles. The second-order valence-electron chi connectivity index (χ2n) is 4.26. The van der Waals surface area contributed by atoms with Gasteiger partial charge in [-0.15, -0.1) is 0 Å². The number of aliphatic hydroxyl groups excluding tert-OH is 1. The molecule has 1 atom stereocenters. The first-order valence-electron chi connectivity index (χ1n) is 6.01. The summed E-state index contributed by atoms with van der Waals surface area (Å²) in [5.41, 5.74) is 2.53. The summed E-state index contributed by atoms with van der Waals surface area (Å²) in [5, 5.41) is 9.09. The van der Waals surface area contributed by atoms with Gasteiger partial charge in [0.05, 0.1) is 0 Å². The van der Waals surface area contributed by atoms with Crippen LogP contribution in [0.2, 0.25) is 0 Å². The van der Waals surface area contributed by atoms with Crippen LogP contribution < -0.4 is 16.2 Å². The molecule has 2 heterocycles. The van der Waals surface area contributed by atoms with E-state index in [0.29, 0.717) is 11.9 Å². The molecule has 0 bridgehead atoms. The maximum atomic E-state index is 9.09. The molecule has 6 heteroatoms. The van der Waals surface area contributed by atoms with Crippen molar-refractivity contribution in [1.82, 2.24) is 9.97 Å². The average molecular weight is 237 g/mol. The Labute approximate surface area is 101 Å². The zero-order chi connectivity index (χ0) is 12.1. The number of aromatic nitrogens is 2. The predicted octanol–water partition coefficient (Wildman–Crippen LogP) is 0.503. The van der Waals surface area contributed by atoms with Crippen LogP contribution in [0.3, 0.4) is 0 Å². The maximum absolute atomic E-state index is 9.09. The van der Waals surface area contributed by atoms with E-state index < -0.39 is 0 Å². The standard InChI is InChI=1S/C11H19N5O/c12-15-10-7-11(14-8-13-10)16-5-2-1-3-9(16)4-6-17/h7-9,17H,1-6,12H2,(H,13,14,15). The van der Waals surface area contributed by atoms with E-state index in [4.69, 9.17) is 10.9 Å². The molecule has 17 heavy (non-hydrogen) atoms. The van der Waals surface area contributed by atoms with Gasteiger partial charge < -0.3 is 15.4 Å². The summed E-state index contributed by atoms with van der Waals surface area (Å²) in [6, 6.07) is 2.21. The molecular weight excluding hydrogens is 218 g/mol. The fourth-order valence-electron chi connectivity index (χ4n) is 2.33. The number of rotatable bonds is 4. The van der Waals surface area contributed by atoms with Crippen molar-refractivity contribution in [2.75, 3.05) is 23.5 Å². The molecule has 1 aromatic rings. The van der Waals surface area contributed by atoms with Crippen LogP contribution in [-0.2, 0) is 0 Å². The highest BCUT2D eigenvalue weighted by atomic mass is 16.3. The average Bonchev–Trinajstić information content (AvgIpc) is 2.40. The minimum absolute atomic E-state index is 0.217. The van der Waals surface area contributed by atoms with Gasteiger partial charge in [0.1, 0.15) is 18.0 Å². The third-order valence-corrected chi connectivity index (χ3v) is 3.18. The van der Waals surface area contributed by atoms with Crippen molar-refractivity contribution in [2.24, 2.45) is 5.84 Å². The molecule has 1 aliphatic heterocycles. The minimum atomic E-state index is 0.217. The highest BCUT2D eigenvalue weighted by molar-refractivity contribution is 5.48. The van der Waals surface area contributed by atoms with Gasteiger partial charge in [0.2, 0.25) is 0 Å². The van der Waals surface area contributed by atoms with Crippen LogP contribution in [0.15, 0.2) is 12.4 Å². The SMILES string of the molecule is NNc1cc(N2CCCCC2CCO)ncn1. The molecule has 0 aromatic carbocycles. The number of nitrogens with one attached hydrogen (secondary N) is 1. The number of nitrogen functional groups attached to an aromatic ring is 1. The molecule has 0 radical (unpaired) electrons. The first-order valence-corrected chi connectivity index (χ1v) is 6.01. The third kappa shape index (κ3) is 2.83. The lowest BCUT2D eigenvalue weighted by Gasteiger charge is -2.36. The summed E-state index contributed by atoms with van der Waals surface area (Å²) in [6.07, 6.45) is 5.78. The van der Waals surface area contributed by atoms with Crippen LogP contribution >= 0.6 is 0 Å². The van der Waals surface area contributed by atoms with Crippen molar-refractivity contribution in [3.8, 4) is 0 Å². The summed E-state index contributed by atoms with van der Waals surface area (Å²) < 4.78 is 0. The fourth-order valence-corrected chi connectivity index (χ4v) is 2.33. The van der Waals surface area contributed by atoms with E-state index in [1.165, 1.54) is 12.7 Å². The van der Waals surface area contributed by atoms with Crippen molar-refractivity contribution < 1.29 is 5.11 Å². The van der Waals surface area contributed by atoms with E-state index in [1.807, 2.05) is 6.07 Å². The molecule has 4 N–H and O–H groups in total. The minimum Gasteiger partial charge on any atom is -0.396 e. The number of piperidine rings is 1. The number of nitrogens with zero attached hydrogens (tertiary/aromatic N) is 3. The summed E-state index contributed by atoms with van der Waals surface area (Å²) in [4.78, 5) is 10.5. The molecule has 2 rings (SSSR count). The van der Waals surface area contributed by atoms with Crippen molar-refractivity contribution >= 4 is 11.6 Å². The molecule has 6 nitrogen and oxygen atoms in total. The van der Waals surface area contributed by atoms with Gasteiger partial charge in [0.15, 0.2) is 0 Å². The van der Waals surface area contributed by atoms with Gasteiger partial charge in [-0.1, -0.05) is 0 Å². The van der Waals surface area contributed by atoms with E-state index in [-0.39, 0.29) is 6.61 Å². The number of hydrazine groups is 1. The Bertz CT molecular complexity index is 357. The molecule has 0 aliphatic carbocycles. The van der Waals surface area contributed by atoms with Crippen LogP contribution in [0.4, 0.5) is 11.6 Å². The van der Waals surface area contributed by atoms with Crippen LogP contribution in [0.5, 0.6) is 0 Å². The monoisotopic (exact) mass is 237 g/mol. The Hall–Kier alpha value is -1.40. The molecular formula is C11H19N5O. The number of aliphatic hydroxyl groups is 1. The highest BCUT2D eigenvalue weighted by Gasteiger charge is 2.23. The highest BCUT2D eigenvalue weighted by Crippen LogP contribution is 2.25. The Morgan fingerprint density at radius 2 is 2.35 bits per heavy atom. The number of hydrogen-bond acceptors (Lipinski definition) is 6. The lowest BCUT2D eigenvalue weighted by atomic mass is 10.00. The van der Waals surface area contributed by atoms with Crippen LogP contribution in [0.25, 0.3) is 0 Å². The molecule has 1 saturated heterocycles. The zero-order valence-corrected chi connectivity index (χ0v) is 9.84. The first-order chi connectivity index (χ1) is 8.35. The molecule has 1 unspecified atom stereocenters. The lowest BCUT2D eigenvalue weighted by Crippen LogP contribution is -2.40. The number of anilines is 2. The second kappa shape index (κ2) is 5.79. The zero-order valence-electron chi connectivity index (χ0n) is 9.84. The van der Waals surface area contributed by atoms with Crippen molar-refractivity contribution in [3.05, 3.63) is 12.4 Å². The van der Waals surface area contributed by atoms with Gasteiger partial charge in [-0.25, -0.2) is 15.8 Å². The van der Waals surface area contributed by atoms with Gasteiger partial charge in [-0.2, -0.15) is 0 Å². The largest absolute Gasteiger partial charge is 0.396 e. The molecule has 1 aliphatic rings. The first kappa shape index (κ1) is 12.1. The van der Waals surface area contributed by atoms with E-state index in [2.05, 4.69) is 20.3 Å². The van der Waals surface area contributed by atoms with Crippen LogP contribution in [-0.4, -0.2) is 34.3 Å². The Morgan fingerprint density at radius 3 is 3.12 bits per heavy atom. The van der Waals surface area contributed by atoms with Gasteiger partial charge in [-0.3, -0.25) is 0 Å². The third-order valence-electron chi connectivity index (χ3n) is 3.18. The summed E-state index contributed by atoms with van der Waals surface area (Å²) >= 11 is 0. The summed E-state index contributed by atoms with van der Waals surface area (Å²) in [7, 11) is 0. The molecule has 0 saturated carbocycles.